The highest BCUT2D eigenvalue weighted by Crippen LogP contribution is 2.26. The van der Waals surface area contributed by atoms with Crippen LogP contribution in [0.2, 0.25) is 0 Å². The maximum absolute atomic E-state index is 5.90. The highest BCUT2D eigenvalue weighted by Gasteiger charge is 2.17. The van der Waals surface area contributed by atoms with Gasteiger partial charge in [0.2, 0.25) is 5.88 Å². The Hall–Kier alpha value is -1.10. The van der Waals surface area contributed by atoms with E-state index in [2.05, 4.69) is 10.3 Å². The molecule has 0 amide bonds. The summed E-state index contributed by atoms with van der Waals surface area (Å²) >= 11 is 2.03. The molecule has 0 radical (unpaired) electrons. The molecule has 0 aromatic carbocycles. The minimum absolute atomic E-state index is 0.290. The van der Waals surface area contributed by atoms with Gasteiger partial charge in [0.15, 0.2) is 0 Å². The Morgan fingerprint density at radius 3 is 2.89 bits per heavy atom. The topological polar surface area (TPSA) is 60.2 Å². The van der Waals surface area contributed by atoms with Gasteiger partial charge in [-0.1, -0.05) is 0 Å². The molecule has 1 aliphatic heterocycles. The molecule has 1 aromatic heterocycles. The maximum Gasteiger partial charge on any atom is 0.239 e. The SMILES string of the molecule is CC(C)(C)Oc1nc(NCC2CCSC2)ccc1N. The Morgan fingerprint density at radius 1 is 1.47 bits per heavy atom. The molecule has 1 saturated heterocycles. The largest absolute Gasteiger partial charge is 0.470 e. The van der Waals surface area contributed by atoms with Gasteiger partial charge < -0.3 is 15.8 Å². The molecule has 0 aliphatic carbocycles. The number of aromatic nitrogens is 1. The molecule has 1 unspecified atom stereocenters. The third-order valence-electron chi connectivity index (χ3n) is 2.89. The van der Waals surface area contributed by atoms with Gasteiger partial charge in [-0.25, -0.2) is 0 Å². The Labute approximate surface area is 119 Å². The summed E-state index contributed by atoms with van der Waals surface area (Å²) in [5.74, 6) is 4.62. The van der Waals surface area contributed by atoms with E-state index in [1.54, 1.807) is 0 Å². The first kappa shape index (κ1) is 14.3. The molecule has 2 rings (SSSR count). The van der Waals surface area contributed by atoms with E-state index in [4.69, 9.17) is 10.5 Å². The molecule has 1 atom stereocenters. The molecule has 1 aliphatic rings. The Bertz CT molecular complexity index is 425. The summed E-state index contributed by atoms with van der Waals surface area (Å²) in [7, 11) is 0. The lowest BCUT2D eigenvalue weighted by Gasteiger charge is -2.22. The lowest BCUT2D eigenvalue weighted by atomic mass is 10.1. The lowest BCUT2D eigenvalue weighted by Crippen LogP contribution is -2.24. The van der Waals surface area contributed by atoms with Crippen LogP contribution in [0.25, 0.3) is 0 Å². The molecule has 5 heteroatoms. The lowest BCUT2D eigenvalue weighted by molar-refractivity contribution is 0.125. The number of hydrogen-bond acceptors (Lipinski definition) is 5. The highest BCUT2D eigenvalue weighted by molar-refractivity contribution is 7.99. The van der Waals surface area contributed by atoms with Crippen molar-refractivity contribution >= 4 is 23.3 Å². The summed E-state index contributed by atoms with van der Waals surface area (Å²) in [4.78, 5) is 4.45. The molecular formula is C14H23N3OS. The van der Waals surface area contributed by atoms with Crippen LogP contribution in [0.5, 0.6) is 5.88 Å². The number of thioether (sulfide) groups is 1. The number of ether oxygens (including phenoxy) is 1. The smallest absolute Gasteiger partial charge is 0.239 e. The summed E-state index contributed by atoms with van der Waals surface area (Å²) in [5, 5.41) is 3.38. The molecule has 0 bridgehead atoms. The monoisotopic (exact) mass is 281 g/mol. The van der Waals surface area contributed by atoms with Crippen LogP contribution in [-0.2, 0) is 0 Å². The molecule has 1 fully saturated rings. The third kappa shape index (κ3) is 4.49. The number of nitrogens with two attached hydrogens (primary N) is 1. The van der Waals surface area contributed by atoms with Crippen LogP contribution >= 0.6 is 11.8 Å². The third-order valence-corrected chi connectivity index (χ3v) is 4.12. The Morgan fingerprint density at radius 2 is 2.26 bits per heavy atom. The molecular weight excluding hydrogens is 258 g/mol. The van der Waals surface area contributed by atoms with Crippen molar-refractivity contribution in [2.45, 2.75) is 32.8 Å². The second-order valence-electron chi connectivity index (χ2n) is 5.92. The molecule has 2 heterocycles. The zero-order valence-electron chi connectivity index (χ0n) is 11.9. The van der Waals surface area contributed by atoms with E-state index in [0.717, 1.165) is 18.3 Å². The van der Waals surface area contributed by atoms with Crippen molar-refractivity contribution in [1.29, 1.82) is 0 Å². The van der Waals surface area contributed by atoms with Crippen molar-refractivity contribution in [3.63, 3.8) is 0 Å². The zero-order chi connectivity index (χ0) is 13.9. The van der Waals surface area contributed by atoms with Gasteiger partial charge in [-0.2, -0.15) is 16.7 Å². The number of anilines is 2. The fourth-order valence-corrected chi connectivity index (χ4v) is 3.20. The second kappa shape index (κ2) is 5.90. The molecule has 1 aromatic rings. The molecule has 0 saturated carbocycles. The number of rotatable bonds is 4. The summed E-state index contributed by atoms with van der Waals surface area (Å²) < 4.78 is 5.76. The Balaban J connectivity index is 1.99. The van der Waals surface area contributed by atoms with Crippen LogP contribution in [0.15, 0.2) is 12.1 Å². The van der Waals surface area contributed by atoms with E-state index in [-0.39, 0.29) is 5.60 Å². The van der Waals surface area contributed by atoms with Crippen LogP contribution in [0.3, 0.4) is 0 Å². The number of hydrogen-bond donors (Lipinski definition) is 2. The highest BCUT2D eigenvalue weighted by atomic mass is 32.2. The average Bonchev–Trinajstić information content (AvgIpc) is 2.81. The van der Waals surface area contributed by atoms with E-state index in [1.165, 1.54) is 17.9 Å². The first-order chi connectivity index (χ1) is 8.94. The zero-order valence-corrected chi connectivity index (χ0v) is 12.7. The first-order valence-corrected chi connectivity index (χ1v) is 7.87. The minimum atomic E-state index is -0.290. The van der Waals surface area contributed by atoms with Crippen molar-refractivity contribution in [2.24, 2.45) is 5.92 Å². The van der Waals surface area contributed by atoms with E-state index in [0.29, 0.717) is 11.6 Å². The van der Waals surface area contributed by atoms with E-state index in [9.17, 15) is 0 Å². The van der Waals surface area contributed by atoms with E-state index >= 15 is 0 Å². The van der Waals surface area contributed by atoms with E-state index in [1.807, 2.05) is 44.7 Å². The Kier molecular flexibility index (Phi) is 4.45. The van der Waals surface area contributed by atoms with Crippen LogP contribution < -0.4 is 15.8 Å². The molecule has 0 spiro atoms. The fraction of sp³-hybridized carbons (Fsp3) is 0.643. The normalized spacial score (nSPS) is 19.4. The van der Waals surface area contributed by atoms with Gasteiger partial charge in [0.05, 0.1) is 5.69 Å². The maximum atomic E-state index is 5.90. The predicted octanol–water partition coefficient (Wildman–Crippen LogP) is 3.01. The van der Waals surface area contributed by atoms with Gasteiger partial charge >= 0.3 is 0 Å². The number of pyridine rings is 1. The molecule has 106 valence electrons. The minimum Gasteiger partial charge on any atom is -0.470 e. The number of nitrogens with one attached hydrogen (secondary N) is 1. The second-order valence-corrected chi connectivity index (χ2v) is 7.07. The van der Waals surface area contributed by atoms with Crippen molar-refractivity contribution < 1.29 is 4.74 Å². The van der Waals surface area contributed by atoms with Crippen LogP contribution in [-0.4, -0.2) is 28.6 Å². The van der Waals surface area contributed by atoms with E-state index < -0.39 is 0 Å². The molecule has 4 nitrogen and oxygen atoms in total. The van der Waals surface area contributed by atoms with Crippen molar-refractivity contribution in [3.8, 4) is 5.88 Å². The predicted molar refractivity (Wildman–Crippen MR) is 83.0 cm³/mol. The van der Waals surface area contributed by atoms with Crippen LogP contribution in [0, 0.1) is 5.92 Å². The van der Waals surface area contributed by atoms with Crippen LogP contribution in [0.1, 0.15) is 27.2 Å². The van der Waals surface area contributed by atoms with Gasteiger partial charge in [-0.05, 0) is 56.7 Å². The fourth-order valence-electron chi connectivity index (χ4n) is 1.91. The quantitative estimate of drug-likeness (QED) is 0.888. The van der Waals surface area contributed by atoms with Gasteiger partial charge in [0.1, 0.15) is 11.4 Å². The summed E-state index contributed by atoms with van der Waals surface area (Å²) in [6, 6.07) is 3.76. The summed E-state index contributed by atoms with van der Waals surface area (Å²) in [5.41, 5.74) is 6.19. The number of nitrogens with zero attached hydrogens (tertiary/aromatic N) is 1. The number of nitrogen functional groups attached to an aromatic ring is 1. The van der Waals surface area contributed by atoms with Crippen molar-refractivity contribution in [3.05, 3.63) is 12.1 Å². The average molecular weight is 281 g/mol. The molecule has 3 N–H and O–H groups in total. The standard InChI is InChI=1S/C14H23N3OS/c1-14(2,3)18-13-11(15)4-5-12(17-13)16-8-10-6-7-19-9-10/h4-5,10H,6-9,15H2,1-3H3,(H,16,17). The molecule has 19 heavy (non-hydrogen) atoms. The van der Waals surface area contributed by atoms with Crippen molar-refractivity contribution in [1.82, 2.24) is 4.98 Å². The van der Waals surface area contributed by atoms with Crippen molar-refractivity contribution in [2.75, 3.05) is 29.1 Å². The van der Waals surface area contributed by atoms with Gasteiger partial charge in [-0.3, -0.25) is 0 Å². The van der Waals surface area contributed by atoms with Gasteiger partial charge in [0.25, 0.3) is 0 Å². The van der Waals surface area contributed by atoms with Gasteiger partial charge in [-0.15, -0.1) is 0 Å². The summed E-state index contributed by atoms with van der Waals surface area (Å²) in [6.45, 7) is 6.94. The van der Waals surface area contributed by atoms with Gasteiger partial charge in [0, 0.05) is 6.54 Å². The first-order valence-electron chi connectivity index (χ1n) is 6.71. The van der Waals surface area contributed by atoms with Crippen LogP contribution in [0.4, 0.5) is 11.5 Å². The summed E-state index contributed by atoms with van der Waals surface area (Å²) in [6.07, 6.45) is 1.29.